The quantitative estimate of drug-likeness (QED) is 0.506. The van der Waals surface area contributed by atoms with Crippen molar-refractivity contribution in [2.24, 2.45) is 29.1 Å². The van der Waals surface area contributed by atoms with Gasteiger partial charge < -0.3 is 10.2 Å². The van der Waals surface area contributed by atoms with Gasteiger partial charge in [0.25, 0.3) is 0 Å². The molecule has 0 unspecified atom stereocenters. The van der Waals surface area contributed by atoms with Crippen molar-refractivity contribution in [1.82, 2.24) is 0 Å². The maximum Gasteiger partial charge on any atom is 0.0583 e. The second-order valence-electron chi connectivity index (χ2n) is 10.7. The van der Waals surface area contributed by atoms with E-state index in [0.29, 0.717) is 17.9 Å². The number of hydrogen-bond acceptors (Lipinski definition) is 2. The number of allylic oxidation sites excluding steroid dienone is 4. The lowest BCUT2D eigenvalue weighted by molar-refractivity contribution is 0.0922. The van der Waals surface area contributed by atoms with Crippen molar-refractivity contribution in [3.63, 3.8) is 0 Å². The van der Waals surface area contributed by atoms with Crippen LogP contribution >= 0.6 is 0 Å². The molecule has 0 radical (unpaired) electrons. The number of fused-ring (bicyclic) bond motifs is 1. The summed E-state index contributed by atoms with van der Waals surface area (Å²) in [6.07, 6.45) is 17.5. The summed E-state index contributed by atoms with van der Waals surface area (Å²) in [5.41, 5.74) is 4.60. The molecule has 6 atom stereocenters. The van der Waals surface area contributed by atoms with Crippen LogP contribution in [-0.2, 0) is 0 Å². The lowest BCUT2D eigenvalue weighted by Crippen LogP contribution is -2.36. The van der Waals surface area contributed by atoms with Gasteiger partial charge in [0.15, 0.2) is 0 Å². The second kappa shape index (κ2) is 9.96. The molecule has 3 rings (SSSR count). The molecule has 0 aromatic heterocycles. The average molecular weight is 401 g/mol. The lowest BCUT2D eigenvalue weighted by atomic mass is 9.60. The van der Waals surface area contributed by atoms with Crippen LogP contribution in [0.15, 0.2) is 35.5 Å². The minimum atomic E-state index is -0.188. The zero-order valence-electron chi connectivity index (χ0n) is 19.1. The molecule has 0 amide bonds. The van der Waals surface area contributed by atoms with Crippen LogP contribution in [0.3, 0.4) is 0 Å². The van der Waals surface area contributed by atoms with E-state index in [1.165, 1.54) is 56.1 Å². The molecule has 0 aromatic rings. The van der Waals surface area contributed by atoms with Crippen molar-refractivity contribution >= 4 is 0 Å². The van der Waals surface area contributed by atoms with E-state index in [0.717, 1.165) is 43.4 Å². The fourth-order valence-corrected chi connectivity index (χ4v) is 6.69. The predicted octanol–water partition coefficient (Wildman–Crippen LogP) is 6.59. The van der Waals surface area contributed by atoms with Gasteiger partial charge in [-0.2, -0.15) is 0 Å². The van der Waals surface area contributed by atoms with Gasteiger partial charge in [0.1, 0.15) is 0 Å². The first-order chi connectivity index (χ1) is 13.8. The molecular weight excluding hydrogens is 356 g/mol. The number of rotatable bonds is 7. The van der Waals surface area contributed by atoms with Gasteiger partial charge in [-0.25, -0.2) is 0 Å². The minimum absolute atomic E-state index is 0.188. The average Bonchev–Trinajstić information content (AvgIpc) is 3.06. The number of aliphatic hydroxyl groups is 2. The van der Waals surface area contributed by atoms with E-state index in [9.17, 15) is 10.2 Å². The van der Waals surface area contributed by atoms with E-state index >= 15 is 0 Å². The van der Waals surface area contributed by atoms with Gasteiger partial charge in [0.05, 0.1) is 6.10 Å². The van der Waals surface area contributed by atoms with E-state index in [1.807, 2.05) is 0 Å². The summed E-state index contributed by atoms with van der Waals surface area (Å²) >= 11 is 0. The summed E-state index contributed by atoms with van der Waals surface area (Å²) in [6, 6.07) is 0. The van der Waals surface area contributed by atoms with Crippen LogP contribution in [0.2, 0.25) is 0 Å². The molecule has 0 spiro atoms. The molecule has 0 bridgehead atoms. The monoisotopic (exact) mass is 400 g/mol. The normalized spacial score (nSPS) is 37.7. The van der Waals surface area contributed by atoms with Gasteiger partial charge in [0.2, 0.25) is 0 Å². The zero-order valence-corrected chi connectivity index (χ0v) is 19.1. The molecule has 0 aliphatic heterocycles. The first-order valence-corrected chi connectivity index (χ1v) is 12.2. The van der Waals surface area contributed by atoms with Gasteiger partial charge in [-0.1, -0.05) is 63.5 Å². The summed E-state index contributed by atoms with van der Waals surface area (Å²) < 4.78 is 0. The largest absolute Gasteiger partial charge is 0.396 e. The van der Waals surface area contributed by atoms with Crippen molar-refractivity contribution in [2.45, 2.75) is 97.5 Å². The Kier molecular flexibility index (Phi) is 7.84. The van der Waals surface area contributed by atoms with Crippen LogP contribution in [0.4, 0.5) is 0 Å². The Hall–Kier alpha value is -0.860. The third-order valence-corrected chi connectivity index (χ3v) is 8.58. The Balaban J connectivity index is 1.67. The standard InChI is InChI=1S/C27H44O2/c1-19(18-28)7-5-8-21(3)25-14-15-26-22(9-6-16-27(25,26)4)11-12-23-17-24(29)13-10-20(23)2/h11-12,19,21,24-26,28-29H,2,5-10,13-18H2,1,3-4H3/b22-11+,23-12-/t19-,21+,24-,25+,26-,27+/m0/s1. The van der Waals surface area contributed by atoms with E-state index in [-0.39, 0.29) is 6.10 Å². The molecule has 2 N–H and O–H groups in total. The Morgan fingerprint density at radius 3 is 2.69 bits per heavy atom. The first-order valence-electron chi connectivity index (χ1n) is 12.2. The first kappa shape index (κ1) is 22.8. The van der Waals surface area contributed by atoms with Gasteiger partial charge >= 0.3 is 0 Å². The topological polar surface area (TPSA) is 40.5 Å². The molecule has 2 heteroatoms. The Labute approximate surface area is 179 Å². The second-order valence-corrected chi connectivity index (χ2v) is 10.7. The number of aliphatic hydroxyl groups excluding tert-OH is 2. The van der Waals surface area contributed by atoms with Crippen molar-refractivity contribution in [3.8, 4) is 0 Å². The third kappa shape index (κ3) is 5.25. The van der Waals surface area contributed by atoms with E-state index in [2.05, 4.69) is 39.5 Å². The summed E-state index contributed by atoms with van der Waals surface area (Å²) in [5.74, 6) is 2.79. The highest BCUT2D eigenvalue weighted by Gasteiger charge is 2.50. The van der Waals surface area contributed by atoms with Gasteiger partial charge in [0, 0.05) is 6.61 Å². The predicted molar refractivity (Wildman–Crippen MR) is 123 cm³/mol. The smallest absolute Gasteiger partial charge is 0.0583 e. The van der Waals surface area contributed by atoms with Gasteiger partial charge in [-0.05, 0) is 92.4 Å². The van der Waals surface area contributed by atoms with E-state index < -0.39 is 0 Å². The van der Waals surface area contributed by atoms with Gasteiger partial charge in [-0.3, -0.25) is 0 Å². The van der Waals surface area contributed by atoms with Crippen molar-refractivity contribution in [2.75, 3.05) is 6.61 Å². The number of hydrogen-bond donors (Lipinski definition) is 2. The molecule has 3 saturated carbocycles. The molecule has 164 valence electrons. The summed E-state index contributed by atoms with van der Waals surface area (Å²) in [7, 11) is 0. The van der Waals surface area contributed by atoms with Crippen LogP contribution in [0, 0.1) is 29.1 Å². The van der Waals surface area contributed by atoms with E-state index in [4.69, 9.17) is 0 Å². The van der Waals surface area contributed by atoms with Crippen LogP contribution in [0.1, 0.15) is 91.4 Å². The molecule has 0 saturated heterocycles. The maximum atomic E-state index is 10.0. The third-order valence-electron chi connectivity index (χ3n) is 8.58. The fraction of sp³-hybridized carbons (Fsp3) is 0.778. The van der Waals surface area contributed by atoms with Crippen molar-refractivity contribution in [3.05, 3.63) is 35.5 Å². The molecule has 0 aromatic carbocycles. The summed E-state index contributed by atoms with van der Waals surface area (Å²) in [6.45, 7) is 11.8. The fourth-order valence-electron chi connectivity index (χ4n) is 6.69. The Morgan fingerprint density at radius 2 is 1.93 bits per heavy atom. The summed E-state index contributed by atoms with van der Waals surface area (Å²) in [4.78, 5) is 0. The molecule has 3 aliphatic carbocycles. The highest BCUT2D eigenvalue weighted by Crippen LogP contribution is 2.59. The Bertz CT molecular complexity index is 630. The minimum Gasteiger partial charge on any atom is -0.396 e. The lowest BCUT2D eigenvalue weighted by Gasteiger charge is -2.44. The van der Waals surface area contributed by atoms with Crippen LogP contribution in [0.25, 0.3) is 0 Å². The molecule has 2 nitrogen and oxygen atoms in total. The highest BCUT2D eigenvalue weighted by molar-refractivity contribution is 5.36. The molecule has 0 heterocycles. The molecule has 3 fully saturated rings. The maximum absolute atomic E-state index is 10.0. The molecule has 3 aliphatic rings. The zero-order chi connectivity index (χ0) is 21.0. The van der Waals surface area contributed by atoms with Crippen LogP contribution < -0.4 is 0 Å². The van der Waals surface area contributed by atoms with Crippen molar-refractivity contribution in [1.29, 1.82) is 0 Å². The van der Waals surface area contributed by atoms with Crippen molar-refractivity contribution < 1.29 is 10.2 Å². The summed E-state index contributed by atoms with van der Waals surface area (Å²) in [5, 5.41) is 19.3. The van der Waals surface area contributed by atoms with Gasteiger partial charge in [-0.15, -0.1) is 0 Å². The van der Waals surface area contributed by atoms with Crippen LogP contribution in [-0.4, -0.2) is 22.9 Å². The highest BCUT2D eigenvalue weighted by atomic mass is 16.3. The molecule has 29 heavy (non-hydrogen) atoms. The molecular formula is C27H44O2. The Morgan fingerprint density at radius 1 is 1.14 bits per heavy atom. The van der Waals surface area contributed by atoms with E-state index in [1.54, 1.807) is 5.57 Å². The van der Waals surface area contributed by atoms with Crippen LogP contribution in [0.5, 0.6) is 0 Å². The SMILES string of the molecule is C=C1CC[C@H](O)C/C1=C/C=C1\CCC[C@]2(C)[C@@H]([C@H](C)CCC[C@H](C)CO)CC[C@@H]12.